The Morgan fingerprint density at radius 3 is 2.87 bits per heavy atom. The number of hydrogen-bond acceptors (Lipinski definition) is 4. The van der Waals surface area contributed by atoms with Gasteiger partial charge in [0.25, 0.3) is 0 Å². The van der Waals surface area contributed by atoms with E-state index in [2.05, 4.69) is 51.4 Å². The number of nitro groups is 1. The zero-order chi connectivity index (χ0) is 20.5. The highest BCUT2D eigenvalue weighted by atomic mass is 16.6. The fourth-order valence-corrected chi connectivity index (χ4v) is 3.99. The number of fused-ring (bicyclic) bond motifs is 2. The van der Waals surface area contributed by atoms with Crippen molar-refractivity contribution in [3.8, 4) is 0 Å². The van der Waals surface area contributed by atoms with E-state index in [4.69, 9.17) is 0 Å². The van der Waals surface area contributed by atoms with Crippen molar-refractivity contribution in [1.82, 2.24) is 15.0 Å². The van der Waals surface area contributed by atoms with E-state index in [9.17, 15) is 10.1 Å². The number of benzene rings is 2. The van der Waals surface area contributed by atoms with Crippen molar-refractivity contribution in [2.24, 2.45) is 0 Å². The largest absolute Gasteiger partial charge is 0.361 e. The molecule has 0 saturated carbocycles. The van der Waals surface area contributed by atoms with Crippen LogP contribution in [-0.4, -0.2) is 19.9 Å². The number of rotatable bonds is 6. The van der Waals surface area contributed by atoms with Crippen LogP contribution in [0.2, 0.25) is 0 Å². The van der Waals surface area contributed by atoms with Crippen molar-refractivity contribution in [2.75, 3.05) is 0 Å². The topological polar surface area (TPSA) is 84.7 Å². The molecule has 1 aliphatic rings. The molecule has 148 valence electrons. The molecule has 0 aliphatic heterocycles. The Labute approximate surface area is 173 Å². The van der Waals surface area contributed by atoms with Gasteiger partial charge in [-0.15, -0.1) is 0 Å². The maximum absolute atomic E-state index is 11.5. The Kier molecular flexibility index (Phi) is 4.59. The lowest BCUT2D eigenvalue weighted by atomic mass is 10.0. The Hall–Kier alpha value is -3.80. The molecule has 0 amide bonds. The van der Waals surface area contributed by atoms with Crippen LogP contribution in [0.5, 0.6) is 0 Å². The number of allylic oxidation sites excluding steroid dienone is 1. The molecule has 5 rings (SSSR count). The van der Waals surface area contributed by atoms with E-state index in [1.807, 2.05) is 24.4 Å². The highest BCUT2D eigenvalue weighted by molar-refractivity contribution is 5.80. The van der Waals surface area contributed by atoms with Crippen molar-refractivity contribution < 1.29 is 4.92 Å². The van der Waals surface area contributed by atoms with Crippen LogP contribution in [0.3, 0.4) is 0 Å². The molecular weight excluding hydrogens is 376 g/mol. The van der Waals surface area contributed by atoms with Crippen molar-refractivity contribution in [2.45, 2.75) is 25.7 Å². The first-order valence-corrected chi connectivity index (χ1v) is 9.99. The first kappa shape index (κ1) is 18.2. The van der Waals surface area contributed by atoms with Crippen LogP contribution in [0, 0.1) is 10.1 Å². The summed E-state index contributed by atoms with van der Waals surface area (Å²) in [5.41, 5.74) is 6.36. The van der Waals surface area contributed by atoms with Gasteiger partial charge in [-0.1, -0.05) is 36.4 Å². The van der Waals surface area contributed by atoms with Crippen LogP contribution in [-0.2, 0) is 25.7 Å². The average molecular weight is 396 g/mol. The SMILES string of the molecule is O=[N+]([O-])c1cnc(Cc2ccc3[nH]ccc3c2)nc1CCc1ccc2c(c1)C=CC2. The molecule has 30 heavy (non-hydrogen) atoms. The lowest BCUT2D eigenvalue weighted by Crippen LogP contribution is -2.06. The summed E-state index contributed by atoms with van der Waals surface area (Å²) in [6.45, 7) is 0. The number of nitrogens with one attached hydrogen (secondary N) is 1. The van der Waals surface area contributed by atoms with Gasteiger partial charge in [-0.3, -0.25) is 10.1 Å². The van der Waals surface area contributed by atoms with E-state index in [1.165, 1.54) is 17.3 Å². The molecule has 1 N–H and O–H groups in total. The molecule has 2 aromatic carbocycles. The normalized spacial score (nSPS) is 12.4. The molecule has 0 unspecified atom stereocenters. The Morgan fingerprint density at radius 2 is 1.97 bits per heavy atom. The van der Waals surface area contributed by atoms with Gasteiger partial charge in [0.15, 0.2) is 0 Å². The van der Waals surface area contributed by atoms with Gasteiger partial charge in [-0.05, 0) is 58.7 Å². The summed E-state index contributed by atoms with van der Waals surface area (Å²) in [4.78, 5) is 23.1. The summed E-state index contributed by atoms with van der Waals surface area (Å²) >= 11 is 0. The molecular formula is C24H20N4O2. The lowest BCUT2D eigenvalue weighted by molar-refractivity contribution is -0.386. The third-order valence-corrected chi connectivity index (χ3v) is 5.57. The second-order valence-corrected chi connectivity index (χ2v) is 7.59. The van der Waals surface area contributed by atoms with Gasteiger partial charge < -0.3 is 4.98 Å². The first-order valence-electron chi connectivity index (χ1n) is 9.99. The second kappa shape index (κ2) is 7.55. The molecule has 0 atom stereocenters. The molecule has 0 spiro atoms. The van der Waals surface area contributed by atoms with E-state index in [0.717, 1.165) is 28.5 Å². The summed E-state index contributed by atoms with van der Waals surface area (Å²) in [6.07, 6.45) is 10.3. The van der Waals surface area contributed by atoms with Crippen molar-refractivity contribution in [3.63, 3.8) is 0 Å². The highest BCUT2D eigenvalue weighted by Crippen LogP contribution is 2.23. The van der Waals surface area contributed by atoms with Crippen molar-refractivity contribution in [3.05, 3.63) is 105 Å². The van der Waals surface area contributed by atoms with Crippen LogP contribution in [0.25, 0.3) is 17.0 Å². The Bertz CT molecular complexity index is 1290. The minimum atomic E-state index is -0.392. The van der Waals surface area contributed by atoms with E-state index in [-0.39, 0.29) is 5.69 Å². The minimum absolute atomic E-state index is 0.0131. The van der Waals surface area contributed by atoms with Gasteiger partial charge in [0, 0.05) is 24.6 Å². The first-order chi connectivity index (χ1) is 14.7. The Morgan fingerprint density at radius 1 is 1.07 bits per heavy atom. The van der Waals surface area contributed by atoms with Gasteiger partial charge >= 0.3 is 5.69 Å². The van der Waals surface area contributed by atoms with Crippen LogP contribution in [0.15, 0.2) is 60.9 Å². The van der Waals surface area contributed by atoms with Crippen LogP contribution in [0.4, 0.5) is 5.69 Å². The summed E-state index contributed by atoms with van der Waals surface area (Å²) in [5.74, 6) is 0.599. The minimum Gasteiger partial charge on any atom is -0.361 e. The third-order valence-electron chi connectivity index (χ3n) is 5.57. The molecule has 0 fully saturated rings. The molecule has 2 heterocycles. The molecule has 0 bridgehead atoms. The second-order valence-electron chi connectivity index (χ2n) is 7.59. The zero-order valence-electron chi connectivity index (χ0n) is 16.3. The van der Waals surface area contributed by atoms with Gasteiger partial charge in [0.05, 0.1) is 4.92 Å². The molecule has 6 nitrogen and oxygen atoms in total. The maximum atomic E-state index is 11.5. The summed E-state index contributed by atoms with van der Waals surface area (Å²) in [6, 6.07) is 14.6. The molecule has 0 radical (unpaired) electrons. The Balaban J connectivity index is 1.38. The van der Waals surface area contributed by atoms with E-state index < -0.39 is 4.92 Å². The standard InChI is InChI=1S/C24H20N4O2/c29-28(30)23-15-26-24(14-17-6-8-21-20(13-17)10-11-25-21)27-22(23)9-5-16-4-7-18-2-1-3-19(18)12-16/h1,3-4,6-8,10-13,15,25H,2,5,9,14H2. The monoisotopic (exact) mass is 396 g/mol. The van der Waals surface area contributed by atoms with Gasteiger partial charge in [0.1, 0.15) is 17.7 Å². The van der Waals surface area contributed by atoms with E-state index in [1.54, 1.807) is 0 Å². The van der Waals surface area contributed by atoms with Gasteiger partial charge in [-0.2, -0.15) is 0 Å². The molecule has 2 aromatic heterocycles. The van der Waals surface area contributed by atoms with Gasteiger partial charge in [0.2, 0.25) is 0 Å². The molecule has 0 saturated heterocycles. The molecule has 1 aliphatic carbocycles. The van der Waals surface area contributed by atoms with Gasteiger partial charge in [-0.25, -0.2) is 9.97 Å². The smallest absolute Gasteiger partial charge is 0.308 e. The fraction of sp³-hybridized carbons (Fsp3) is 0.167. The predicted molar refractivity (Wildman–Crippen MR) is 116 cm³/mol. The summed E-state index contributed by atoms with van der Waals surface area (Å²) in [7, 11) is 0. The van der Waals surface area contributed by atoms with Crippen molar-refractivity contribution in [1.29, 1.82) is 0 Å². The van der Waals surface area contributed by atoms with Crippen molar-refractivity contribution >= 4 is 22.7 Å². The zero-order valence-corrected chi connectivity index (χ0v) is 16.3. The summed E-state index contributed by atoms with van der Waals surface area (Å²) < 4.78 is 0. The van der Waals surface area contributed by atoms with Crippen LogP contribution >= 0.6 is 0 Å². The predicted octanol–water partition coefficient (Wildman–Crippen LogP) is 4.81. The number of aromatic nitrogens is 3. The van der Waals surface area contributed by atoms with E-state index >= 15 is 0 Å². The molecule has 4 aromatic rings. The maximum Gasteiger partial charge on any atom is 0.308 e. The molecule has 6 heteroatoms. The average Bonchev–Trinajstić information content (AvgIpc) is 3.40. The van der Waals surface area contributed by atoms with E-state index in [0.29, 0.717) is 30.8 Å². The highest BCUT2D eigenvalue weighted by Gasteiger charge is 2.18. The quantitative estimate of drug-likeness (QED) is 0.374. The number of hydrogen-bond donors (Lipinski definition) is 1. The number of H-pyrrole nitrogens is 1. The number of aryl methyl sites for hydroxylation is 2. The third kappa shape index (κ3) is 3.59. The lowest BCUT2D eigenvalue weighted by Gasteiger charge is -2.07. The number of aromatic amines is 1. The van der Waals surface area contributed by atoms with Crippen LogP contribution in [0.1, 0.15) is 33.8 Å². The fourth-order valence-electron chi connectivity index (χ4n) is 3.99. The number of nitrogens with zero attached hydrogens (tertiary/aromatic N) is 3. The van der Waals surface area contributed by atoms with Crippen LogP contribution < -0.4 is 0 Å². The summed E-state index contributed by atoms with van der Waals surface area (Å²) in [5, 5.41) is 12.6.